The highest BCUT2D eigenvalue weighted by Crippen LogP contribution is 2.45. The molecule has 0 radical (unpaired) electrons. The number of rotatable bonds is 4. The first kappa shape index (κ1) is 22.4. The number of amides is 1. The number of alkyl halides is 5. The molecule has 3 rings (SSSR count). The van der Waals surface area contributed by atoms with Gasteiger partial charge in [0.15, 0.2) is 0 Å². The second-order valence-electron chi connectivity index (χ2n) is 7.38. The summed E-state index contributed by atoms with van der Waals surface area (Å²) < 4.78 is 79.5. The molecule has 1 saturated carbocycles. The zero-order chi connectivity index (χ0) is 22.2. The van der Waals surface area contributed by atoms with Gasteiger partial charge in [-0.15, -0.1) is 0 Å². The van der Waals surface area contributed by atoms with E-state index in [0.29, 0.717) is 11.6 Å². The maximum atomic E-state index is 13.7. The number of carbonyl (C=O) groups excluding carboxylic acids is 1. The van der Waals surface area contributed by atoms with Crippen molar-refractivity contribution in [2.45, 2.75) is 43.2 Å². The summed E-state index contributed by atoms with van der Waals surface area (Å²) in [6, 6.07) is 4.87. The molecule has 1 amide bonds. The summed E-state index contributed by atoms with van der Waals surface area (Å²) in [6.07, 6.45) is -4.33. The molecule has 1 heterocycles. The highest BCUT2D eigenvalue weighted by molar-refractivity contribution is 6.33. The van der Waals surface area contributed by atoms with Crippen LogP contribution in [0.4, 0.5) is 26.3 Å². The maximum absolute atomic E-state index is 13.7. The number of aromatic nitrogens is 1. The van der Waals surface area contributed by atoms with Gasteiger partial charge in [-0.3, -0.25) is 4.79 Å². The van der Waals surface area contributed by atoms with Gasteiger partial charge in [-0.05, 0) is 42.7 Å². The Labute approximate surface area is 173 Å². The molecular formula is C20H17ClF6N2O. The molecule has 3 nitrogen and oxygen atoms in total. The van der Waals surface area contributed by atoms with E-state index in [1.54, 1.807) is 0 Å². The lowest BCUT2D eigenvalue weighted by Gasteiger charge is -2.40. The monoisotopic (exact) mass is 450 g/mol. The van der Waals surface area contributed by atoms with E-state index in [1.165, 1.54) is 12.3 Å². The van der Waals surface area contributed by atoms with Crippen molar-refractivity contribution in [3.8, 4) is 0 Å². The standard InChI is InChI=1S/C20H17ClF6N2O/c21-15-3-1-12(20(25,26)27)9-14(15)17(30)29-11-18(5-7-19(23,24)8-6-18)13-2-4-16(22)28-10-13/h1-4,9-10H,5-8,11H2,(H,29,30). The van der Waals surface area contributed by atoms with Gasteiger partial charge in [0.25, 0.3) is 5.91 Å². The Morgan fingerprint density at radius 3 is 2.33 bits per heavy atom. The summed E-state index contributed by atoms with van der Waals surface area (Å²) in [7, 11) is 0. The smallest absolute Gasteiger partial charge is 0.351 e. The van der Waals surface area contributed by atoms with Crippen molar-refractivity contribution in [1.29, 1.82) is 0 Å². The minimum atomic E-state index is -4.66. The van der Waals surface area contributed by atoms with Gasteiger partial charge < -0.3 is 5.32 Å². The topological polar surface area (TPSA) is 42.0 Å². The minimum Gasteiger partial charge on any atom is -0.351 e. The molecule has 0 aliphatic heterocycles. The van der Waals surface area contributed by atoms with Crippen molar-refractivity contribution < 1.29 is 31.1 Å². The van der Waals surface area contributed by atoms with Crippen LogP contribution in [0.2, 0.25) is 5.02 Å². The Bertz CT molecular complexity index is 920. The normalized spacial score (nSPS) is 18.1. The van der Waals surface area contributed by atoms with Crippen LogP contribution in [0.15, 0.2) is 36.5 Å². The first-order chi connectivity index (χ1) is 13.9. The van der Waals surface area contributed by atoms with Crippen molar-refractivity contribution >= 4 is 17.5 Å². The Kier molecular flexibility index (Phi) is 6.04. The van der Waals surface area contributed by atoms with Crippen molar-refractivity contribution in [1.82, 2.24) is 10.3 Å². The predicted octanol–water partition coefficient (Wildman–Crippen LogP) is 5.77. The van der Waals surface area contributed by atoms with E-state index < -0.39 is 47.8 Å². The second kappa shape index (κ2) is 8.09. The third-order valence-electron chi connectivity index (χ3n) is 5.40. The zero-order valence-electron chi connectivity index (χ0n) is 15.5. The van der Waals surface area contributed by atoms with Gasteiger partial charge >= 0.3 is 6.18 Å². The highest BCUT2D eigenvalue weighted by Gasteiger charge is 2.44. The van der Waals surface area contributed by atoms with Crippen molar-refractivity contribution in [2.75, 3.05) is 6.54 Å². The van der Waals surface area contributed by atoms with Crippen LogP contribution in [0.25, 0.3) is 0 Å². The molecule has 0 atom stereocenters. The van der Waals surface area contributed by atoms with Crippen LogP contribution in [0, 0.1) is 5.95 Å². The molecule has 1 fully saturated rings. The zero-order valence-corrected chi connectivity index (χ0v) is 16.3. The fourth-order valence-corrected chi connectivity index (χ4v) is 3.78. The second-order valence-corrected chi connectivity index (χ2v) is 7.79. The van der Waals surface area contributed by atoms with Gasteiger partial charge in [0.2, 0.25) is 11.9 Å². The van der Waals surface area contributed by atoms with E-state index in [1.807, 2.05) is 0 Å². The number of hydrogen-bond acceptors (Lipinski definition) is 2. The molecule has 0 spiro atoms. The molecule has 1 aliphatic carbocycles. The van der Waals surface area contributed by atoms with Gasteiger partial charge in [0, 0.05) is 31.0 Å². The summed E-state index contributed by atoms with van der Waals surface area (Å²) in [5, 5.41) is 2.34. The first-order valence-corrected chi connectivity index (χ1v) is 9.45. The van der Waals surface area contributed by atoms with Crippen LogP contribution in [0.3, 0.4) is 0 Å². The number of halogens is 7. The van der Waals surface area contributed by atoms with Crippen LogP contribution in [0.5, 0.6) is 0 Å². The number of nitrogens with one attached hydrogen (secondary N) is 1. The Balaban J connectivity index is 1.84. The van der Waals surface area contributed by atoms with Gasteiger partial charge in [0.05, 0.1) is 16.1 Å². The van der Waals surface area contributed by atoms with Crippen LogP contribution in [-0.4, -0.2) is 23.4 Å². The van der Waals surface area contributed by atoms with Crippen LogP contribution < -0.4 is 5.32 Å². The fraction of sp³-hybridized carbons (Fsp3) is 0.400. The third kappa shape index (κ3) is 4.88. The predicted molar refractivity (Wildman–Crippen MR) is 98.1 cm³/mol. The van der Waals surface area contributed by atoms with Crippen molar-refractivity contribution in [3.63, 3.8) is 0 Å². The van der Waals surface area contributed by atoms with E-state index in [4.69, 9.17) is 11.6 Å². The Morgan fingerprint density at radius 1 is 1.10 bits per heavy atom. The Hall–Kier alpha value is -2.29. The molecule has 0 bridgehead atoms. The van der Waals surface area contributed by atoms with Gasteiger partial charge in [-0.2, -0.15) is 17.6 Å². The van der Waals surface area contributed by atoms with E-state index in [0.717, 1.165) is 18.2 Å². The summed E-state index contributed by atoms with van der Waals surface area (Å²) in [4.78, 5) is 16.1. The third-order valence-corrected chi connectivity index (χ3v) is 5.73. The first-order valence-electron chi connectivity index (χ1n) is 9.07. The summed E-state index contributed by atoms with van der Waals surface area (Å²) in [5.41, 5.74) is -1.90. The largest absolute Gasteiger partial charge is 0.416 e. The van der Waals surface area contributed by atoms with Crippen molar-refractivity contribution in [3.05, 3.63) is 64.2 Å². The Morgan fingerprint density at radius 2 is 1.77 bits per heavy atom. The molecule has 1 aromatic heterocycles. The van der Waals surface area contributed by atoms with Crippen LogP contribution in [0.1, 0.15) is 47.2 Å². The molecular weight excluding hydrogens is 434 g/mol. The molecule has 0 unspecified atom stereocenters. The highest BCUT2D eigenvalue weighted by atomic mass is 35.5. The van der Waals surface area contributed by atoms with E-state index in [2.05, 4.69) is 10.3 Å². The molecule has 2 aromatic rings. The summed E-state index contributed by atoms with van der Waals surface area (Å²) in [5.74, 6) is -4.46. The number of hydrogen-bond donors (Lipinski definition) is 1. The number of nitrogens with zero attached hydrogens (tertiary/aromatic N) is 1. The van der Waals surface area contributed by atoms with E-state index >= 15 is 0 Å². The summed E-state index contributed by atoms with van der Waals surface area (Å²) in [6.45, 7) is -0.137. The molecule has 10 heteroatoms. The molecule has 1 aromatic carbocycles. The van der Waals surface area contributed by atoms with E-state index in [9.17, 15) is 31.1 Å². The number of carbonyl (C=O) groups is 1. The molecule has 30 heavy (non-hydrogen) atoms. The average molecular weight is 451 g/mol. The average Bonchev–Trinajstić information content (AvgIpc) is 2.67. The van der Waals surface area contributed by atoms with E-state index in [-0.39, 0.29) is 30.0 Å². The van der Waals surface area contributed by atoms with Gasteiger partial charge in [-0.25, -0.2) is 13.8 Å². The minimum absolute atomic E-state index is 0.0100. The lowest BCUT2D eigenvalue weighted by molar-refractivity contribution is -0.137. The number of benzene rings is 1. The van der Waals surface area contributed by atoms with Crippen molar-refractivity contribution in [2.24, 2.45) is 0 Å². The number of pyridine rings is 1. The lowest BCUT2D eigenvalue weighted by atomic mass is 9.68. The molecule has 1 N–H and O–H groups in total. The molecule has 0 saturated heterocycles. The van der Waals surface area contributed by atoms with Crippen LogP contribution >= 0.6 is 11.6 Å². The SMILES string of the molecule is O=C(NCC1(c2ccc(F)nc2)CCC(F)(F)CC1)c1cc(C(F)(F)F)ccc1Cl. The van der Waals surface area contributed by atoms with Crippen LogP contribution in [-0.2, 0) is 11.6 Å². The lowest BCUT2D eigenvalue weighted by Crippen LogP contribution is -2.45. The molecule has 1 aliphatic rings. The summed E-state index contributed by atoms with van der Waals surface area (Å²) >= 11 is 5.89. The maximum Gasteiger partial charge on any atom is 0.416 e. The molecule has 162 valence electrons. The fourth-order valence-electron chi connectivity index (χ4n) is 3.57. The quantitative estimate of drug-likeness (QED) is 0.474. The van der Waals surface area contributed by atoms with Gasteiger partial charge in [0.1, 0.15) is 0 Å². The van der Waals surface area contributed by atoms with Gasteiger partial charge in [-0.1, -0.05) is 17.7 Å².